The molecule has 0 bridgehead atoms. The lowest BCUT2D eigenvalue weighted by atomic mass is 10.0. The third kappa shape index (κ3) is 4.17. The second-order valence-corrected chi connectivity index (χ2v) is 9.72. The number of aryl methyl sites for hydroxylation is 2. The van der Waals surface area contributed by atoms with Crippen LogP contribution in [0.15, 0.2) is 0 Å². The summed E-state index contributed by atoms with van der Waals surface area (Å²) in [7, 11) is 0. The van der Waals surface area contributed by atoms with Gasteiger partial charge in [0.05, 0.1) is 17.8 Å². The first-order chi connectivity index (χ1) is 12.7. The molecule has 0 radical (unpaired) electrons. The van der Waals surface area contributed by atoms with Crippen LogP contribution in [0.4, 0.5) is 9.93 Å². The lowest BCUT2D eigenvalue weighted by molar-refractivity contribution is -0.116. The van der Waals surface area contributed by atoms with Crippen molar-refractivity contribution >= 4 is 40.2 Å². The minimum atomic E-state index is -0.0356. The van der Waals surface area contributed by atoms with Crippen LogP contribution in [0.25, 0.3) is 0 Å². The average Bonchev–Trinajstić information content (AvgIpc) is 3.22. The molecule has 2 saturated heterocycles. The van der Waals surface area contributed by atoms with Crippen LogP contribution < -0.4 is 16.0 Å². The minimum Gasteiger partial charge on any atom is -0.332 e. The third-order valence-corrected chi connectivity index (χ3v) is 8.00. The number of urea groups is 1. The number of nitrogens with one attached hydrogen (secondary N) is 3. The summed E-state index contributed by atoms with van der Waals surface area (Å²) in [6.07, 6.45) is 9.37. The lowest BCUT2D eigenvalue weighted by Crippen LogP contribution is -2.36. The molecule has 2 fully saturated rings. The Kier molecular flexibility index (Phi) is 5.69. The maximum Gasteiger partial charge on any atom is 0.315 e. The number of fused-ring (bicyclic) bond motifs is 2. The highest BCUT2D eigenvalue weighted by atomic mass is 32.2. The smallest absolute Gasteiger partial charge is 0.315 e. The number of unbranched alkanes of at least 4 members (excludes halogenated alkanes) is 1. The van der Waals surface area contributed by atoms with Gasteiger partial charge in [0, 0.05) is 22.3 Å². The van der Waals surface area contributed by atoms with E-state index < -0.39 is 0 Å². The third-order valence-electron chi connectivity index (χ3n) is 5.42. The van der Waals surface area contributed by atoms with Crippen molar-refractivity contribution in [1.82, 2.24) is 15.6 Å². The van der Waals surface area contributed by atoms with Crippen molar-refractivity contribution in [1.29, 1.82) is 0 Å². The molecule has 1 aliphatic carbocycles. The molecule has 0 aromatic carbocycles. The van der Waals surface area contributed by atoms with E-state index in [9.17, 15) is 9.59 Å². The summed E-state index contributed by atoms with van der Waals surface area (Å²) in [6, 6.07) is 0.500. The number of amides is 3. The summed E-state index contributed by atoms with van der Waals surface area (Å²) in [5, 5.41) is 10.2. The zero-order chi connectivity index (χ0) is 17.9. The molecule has 8 heteroatoms. The molecule has 142 valence electrons. The molecule has 3 heterocycles. The topological polar surface area (TPSA) is 83.1 Å². The monoisotopic (exact) mass is 394 g/mol. The maximum absolute atomic E-state index is 12.2. The van der Waals surface area contributed by atoms with Crippen LogP contribution in [-0.2, 0) is 17.6 Å². The van der Waals surface area contributed by atoms with Gasteiger partial charge in [-0.15, -0.1) is 11.3 Å². The van der Waals surface area contributed by atoms with Gasteiger partial charge in [0.15, 0.2) is 5.13 Å². The Morgan fingerprint density at radius 3 is 3.00 bits per heavy atom. The van der Waals surface area contributed by atoms with Crippen molar-refractivity contribution in [2.45, 2.75) is 75.1 Å². The Hall–Kier alpha value is -1.28. The number of carbonyl (C=O) groups is 2. The number of anilines is 1. The summed E-state index contributed by atoms with van der Waals surface area (Å²) in [6.45, 7) is 0. The zero-order valence-electron chi connectivity index (χ0n) is 14.9. The molecule has 1 aromatic rings. The summed E-state index contributed by atoms with van der Waals surface area (Å²) in [5.74, 6) is 1.06. The maximum atomic E-state index is 12.2. The molecule has 3 aliphatic rings. The van der Waals surface area contributed by atoms with Gasteiger partial charge in [-0.1, -0.05) is 12.8 Å². The van der Waals surface area contributed by atoms with Gasteiger partial charge in [-0.05, 0) is 38.5 Å². The van der Waals surface area contributed by atoms with E-state index in [1.54, 1.807) is 11.3 Å². The van der Waals surface area contributed by atoms with Gasteiger partial charge in [-0.25, -0.2) is 9.78 Å². The summed E-state index contributed by atoms with van der Waals surface area (Å²) in [5.41, 5.74) is 1.20. The molecule has 0 spiro atoms. The van der Waals surface area contributed by atoms with Crippen LogP contribution >= 0.6 is 23.1 Å². The van der Waals surface area contributed by atoms with Crippen molar-refractivity contribution in [3.05, 3.63) is 10.6 Å². The van der Waals surface area contributed by atoms with Gasteiger partial charge >= 0.3 is 6.03 Å². The van der Waals surface area contributed by atoms with E-state index in [2.05, 4.69) is 20.9 Å². The highest BCUT2D eigenvalue weighted by molar-refractivity contribution is 8.00. The van der Waals surface area contributed by atoms with E-state index in [0.717, 1.165) is 43.0 Å². The molecule has 26 heavy (non-hydrogen) atoms. The first-order valence-corrected chi connectivity index (χ1v) is 11.5. The second-order valence-electron chi connectivity index (χ2n) is 7.37. The van der Waals surface area contributed by atoms with Gasteiger partial charge in [0.2, 0.25) is 5.91 Å². The van der Waals surface area contributed by atoms with Crippen molar-refractivity contribution < 1.29 is 9.59 Å². The Morgan fingerprint density at radius 2 is 2.08 bits per heavy atom. The predicted octanol–water partition coefficient (Wildman–Crippen LogP) is 3.08. The lowest BCUT2D eigenvalue weighted by Gasteiger charge is -2.16. The molecular weight excluding hydrogens is 368 g/mol. The summed E-state index contributed by atoms with van der Waals surface area (Å²) in [4.78, 5) is 29.6. The molecule has 3 amide bonds. The number of thioether (sulfide) groups is 1. The van der Waals surface area contributed by atoms with Crippen LogP contribution in [0.1, 0.15) is 55.5 Å². The number of rotatable bonds is 6. The Bertz CT molecular complexity index is 655. The van der Waals surface area contributed by atoms with E-state index >= 15 is 0 Å². The van der Waals surface area contributed by atoms with Gasteiger partial charge in [0.25, 0.3) is 0 Å². The van der Waals surface area contributed by atoms with Crippen molar-refractivity contribution in [3.8, 4) is 0 Å². The van der Waals surface area contributed by atoms with Gasteiger partial charge in [-0.3, -0.25) is 4.79 Å². The van der Waals surface area contributed by atoms with Crippen molar-refractivity contribution in [2.24, 2.45) is 0 Å². The van der Waals surface area contributed by atoms with Gasteiger partial charge in [0.1, 0.15) is 0 Å². The SMILES string of the molecule is O=C(CCCC[C@@H]1SC[C@@H]2NC(=O)N[C@H]21)Nc1nc2c(s1)CCCCC2. The normalized spacial score (nSPS) is 27.2. The predicted molar refractivity (Wildman–Crippen MR) is 106 cm³/mol. The zero-order valence-corrected chi connectivity index (χ0v) is 16.5. The quantitative estimate of drug-likeness (QED) is 0.393. The molecule has 2 aliphatic heterocycles. The standard InChI is InChI=1S/C18H26N4O2S2/c23-15(21-18-20-11-6-2-1-3-7-13(11)26-18)9-5-4-8-14-16-12(10-25-14)19-17(24)22-16/h12,14,16H,1-10H2,(H2,19,22,24)(H,20,21,23)/t12-,14-,16+/m0/s1. The van der Waals surface area contributed by atoms with E-state index in [1.807, 2.05) is 11.8 Å². The Labute approximate surface area is 162 Å². The average molecular weight is 395 g/mol. The number of hydrogen-bond donors (Lipinski definition) is 3. The number of hydrogen-bond acceptors (Lipinski definition) is 5. The second kappa shape index (κ2) is 8.17. The fraction of sp³-hybridized carbons (Fsp3) is 0.722. The molecule has 3 atom stereocenters. The van der Waals surface area contributed by atoms with E-state index in [0.29, 0.717) is 11.7 Å². The van der Waals surface area contributed by atoms with Crippen LogP contribution in [-0.4, -0.2) is 40.0 Å². The van der Waals surface area contributed by atoms with Gasteiger partial charge in [-0.2, -0.15) is 11.8 Å². The first kappa shape index (κ1) is 18.1. The molecular formula is C18H26N4O2S2. The molecule has 6 nitrogen and oxygen atoms in total. The number of carbonyl (C=O) groups excluding carboxylic acids is 2. The van der Waals surface area contributed by atoms with Crippen LogP contribution in [0.5, 0.6) is 0 Å². The van der Waals surface area contributed by atoms with E-state index in [-0.39, 0.29) is 24.0 Å². The molecule has 0 saturated carbocycles. The number of thiazole rings is 1. The fourth-order valence-corrected chi connectivity index (χ4v) is 6.65. The van der Waals surface area contributed by atoms with Crippen molar-refractivity contribution in [3.63, 3.8) is 0 Å². The van der Waals surface area contributed by atoms with Crippen LogP contribution in [0.2, 0.25) is 0 Å². The van der Waals surface area contributed by atoms with Gasteiger partial charge < -0.3 is 16.0 Å². The molecule has 3 N–H and O–H groups in total. The minimum absolute atomic E-state index is 0.0356. The first-order valence-electron chi connectivity index (χ1n) is 9.66. The largest absolute Gasteiger partial charge is 0.332 e. The van der Waals surface area contributed by atoms with E-state index in [4.69, 9.17) is 0 Å². The highest BCUT2D eigenvalue weighted by Crippen LogP contribution is 2.33. The Balaban J connectivity index is 1.17. The van der Waals surface area contributed by atoms with Crippen molar-refractivity contribution in [2.75, 3.05) is 11.1 Å². The molecule has 1 aromatic heterocycles. The molecule has 0 unspecified atom stereocenters. The Morgan fingerprint density at radius 1 is 1.19 bits per heavy atom. The molecule has 4 rings (SSSR count). The summed E-state index contributed by atoms with van der Waals surface area (Å²) < 4.78 is 0. The summed E-state index contributed by atoms with van der Waals surface area (Å²) >= 11 is 3.58. The van der Waals surface area contributed by atoms with Crippen LogP contribution in [0.3, 0.4) is 0 Å². The van der Waals surface area contributed by atoms with Crippen LogP contribution in [0, 0.1) is 0 Å². The fourth-order valence-electron chi connectivity index (χ4n) is 4.04. The number of aromatic nitrogens is 1. The van der Waals surface area contributed by atoms with E-state index in [1.165, 1.54) is 29.8 Å². The highest BCUT2D eigenvalue weighted by Gasteiger charge is 2.42. The number of nitrogens with zero attached hydrogens (tertiary/aromatic N) is 1.